The van der Waals surface area contributed by atoms with Gasteiger partial charge in [-0.15, -0.1) is 30.6 Å². The highest BCUT2D eigenvalue weighted by atomic mass is 32.2. The van der Waals surface area contributed by atoms with Gasteiger partial charge in [-0.05, 0) is 72.5 Å². The van der Waals surface area contributed by atoms with Gasteiger partial charge in [-0.25, -0.2) is 20.0 Å². The Bertz CT molecular complexity index is 2120. The van der Waals surface area contributed by atoms with Crippen LogP contribution in [-0.2, 0) is 11.5 Å². The summed E-state index contributed by atoms with van der Waals surface area (Å²) in [5, 5.41) is 35.8. The van der Waals surface area contributed by atoms with E-state index in [0.717, 1.165) is 56.6 Å². The molecule has 54 heavy (non-hydrogen) atoms. The molecule has 0 aliphatic heterocycles. The Hall–Kier alpha value is -5.30. The second-order valence-corrected chi connectivity index (χ2v) is 15.4. The topological polar surface area (TPSA) is 178 Å². The van der Waals surface area contributed by atoms with Crippen LogP contribution < -0.4 is 9.47 Å². The van der Waals surface area contributed by atoms with Crippen LogP contribution in [0, 0.1) is 0 Å². The van der Waals surface area contributed by atoms with Crippen LogP contribution in [-0.4, -0.2) is 76.4 Å². The van der Waals surface area contributed by atoms with Crippen LogP contribution in [0.15, 0.2) is 93.1 Å². The van der Waals surface area contributed by atoms with Gasteiger partial charge in [0, 0.05) is 23.6 Å². The lowest BCUT2D eigenvalue weighted by Gasteiger charge is -2.03. The number of H-pyrrole nitrogens is 2. The standard InChI is InChI=1S/C36H34N12O2S4/c1-3-17-49-27-13-5-23(6-14-27)19-37-33-45-41-29(53-33)21-51-35-39-31(43-47-35)25-9-11-26(12-10-25)32-40-36(48-44-32)52-22-30-42-46-34(54-30)38-20-24-7-15-28(16-8-24)50-18-4-2/h5-16,19-20H,3-4,17-18,21-22H2,1-2H3,(H,39,43,47)(H,40,44,48)/b37-19+,38-20+. The molecule has 0 saturated heterocycles. The number of benzene rings is 3. The number of thioether (sulfide) groups is 2. The molecule has 0 saturated carbocycles. The Balaban J connectivity index is 0.864. The quantitative estimate of drug-likeness (QED) is 0.0625. The highest BCUT2D eigenvalue weighted by Gasteiger charge is 2.12. The van der Waals surface area contributed by atoms with Crippen molar-refractivity contribution in [1.82, 2.24) is 50.8 Å². The minimum atomic E-state index is 0.581. The maximum atomic E-state index is 5.63. The third-order valence-corrected chi connectivity index (χ3v) is 11.0. The van der Waals surface area contributed by atoms with Crippen molar-refractivity contribution in [3.63, 3.8) is 0 Å². The zero-order chi connectivity index (χ0) is 37.0. The zero-order valence-electron chi connectivity index (χ0n) is 29.2. The van der Waals surface area contributed by atoms with Crippen molar-refractivity contribution in [3.8, 4) is 34.3 Å². The summed E-state index contributed by atoms with van der Waals surface area (Å²) in [5.74, 6) is 4.20. The number of hydrogen-bond acceptors (Lipinski definition) is 16. The van der Waals surface area contributed by atoms with E-state index in [0.29, 0.717) is 56.9 Å². The molecule has 18 heteroatoms. The molecule has 0 amide bonds. The largest absolute Gasteiger partial charge is 0.494 e. The van der Waals surface area contributed by atoms with Crippen molar-refractivity contribution in [2.45, 2.75) is 48.5 Å². The van der Waals surface area contributed by atoms with Gasteiger partial charge in [-0.2, -0.15) is 0 Å². The summed E-state index contributed by atoms with van der Waals surface area (Å²) in [6, 6.07) is 23.5. The van der Waals surface area contributed by atoms with Crippen molar-refractivity contribution in [3.05, 3.63) is 93.9 Å². The molecular formula is C36H34N12O2S4. The lowest BCUT2D eigenvalue weighted by Crippen LogP contribution is -1.94. The average molecular weight is 795 g/mol. The Morgan fingerprint density at radius 1 is 0.593 bits per heavy atom. The monoisotopic (exact) mass is 794 g/mol. The summed E-state index contributed by atoms with van der Waals surface area (Å²) in [6.07, 6.45) is 5.49. The molecule has 0 fully saturated rings. The summed E-state index contributed by atoms with van der Waals surface area (Å²) in [4.78, 5) is 18.3. The first-order valence-corrected chi connectivity index (χ1v) is 20.6. The first-order chi connectivity index (χ1) is 26.6. The fourth-order valence-electron chi connectivity index (χ4n) is 4.63. The van der Waals surface area contributed by atoms with Gasteiger partial charge < -0.3 is 9.47 Å². The van der Waals surface area contributed by atoms with Crippen LogP contribution in [0.4, 0.5) is 10.3 Å². The number of nitrogens with zero attached hydrogens (tertiary/aromatic N) is 10. The third kappa shape index (κ3) is 10.4. The molecule has 274 valence electrons. The van der Waals surface area contributed by atoms with E-state index in [-0.39, 0.29) is 0 Å². The first kappa shape index (κ1) is 37.0. The molecule has 0 bridgehead atoms. The van der Waals surface area contributed by atoms with E-state index in [1.54, 1.807) is 12.4 Å². The highest BCUT2D eigenvalue weighted by Crippen LogP contribution is 2.29. The smallest absolute Gasteiger partial charge is 0.231 e. The first-order valence-electron chi connectivity index (χ1n) is 17.0. The minimum absolute atomic E-state index is 0.581. The number of ether oxygens (including phenoxy) is 2. The highest BCUT2D eigenvalue weighted by molar-refractivity contribution is 7.98. The Labute approximate surface area is 327 Å². The van der Waals surface area contributed by atoms with Gasteiger partial charge in [-0.3, -0.25) is 10.2 Å². The van der Waals surface area contributed by atoms with E-state index in [2.05, 4.69) is 74.6 Å². The molecule has 0 aliphatic carbocycles. The van der Waals surface area contributed by atoms with E-state index < -0.39 is 0 Å². The zero-order valence-corrected chi connectivity index (χ0v) is 32.5. The maximum Gasteiger partial charge on any atom is 0.231 e. The fraction of sp³-hybridized carbons (Fsp3) is 0.222. The van der Waals surface area contributed by atoms with E-state index in [1.165, 1.54) is 46.2 Å². The van der Waals surface area contributed by atoms with E-state index >= 15 is 0 Å². The number of rotatable bonds is 18. The molecule has 0 atom stereocenters. The van der Waals surface area contributed by atoms with E-state index in [1.807, 2.05) is 72.8 Å². The van der Waals surface area contributed by atoms with Gasteiger partial charge >= 0.3 is 0 Å². The Morgan fingerprint density at radius 3 is 1.43 bits per heavy atom. The van der Waals surface area contributed by atoms with Gasteiger partial charge in [0.05, 0.1) is 24.7 Å². The molecule has 0 aliphatic rings. The molecular weight excluding hydrogens is 761 g/mol. The van der Waals surface area contributed by atoms with Gasteiger partial charge in [0.15, 0.2) is 11.6 Å². The van der Waals surface area contributed by atoms with Gasteiger partial charge in [0.25, 0.3) is 0 Å². The molecule has 14 nitrogen and oxygen atoms in total. The molecule has 3 aromatic carbocycles. The Morgan fingerprint density at radius 2 is 1.02 bits per heavy atom. The molecule has 0 radical (unpaired) electrons. The molecule has 7 rings (SSSR count). The summed E-state index contributed by atoms with van der Waals surface area (Å²) in [5.41, 5.74) is 3.73. The summed E-state index contributed by atoms with van der Waals surface area (Å²) >= 11 is 5.83. The molecule has 7 aromatic rings. The van der Waals surface area contributed by atoms with Crippen molar-refractivity contribution in [1.29, 1.82) is 0 Å². The average Bonchev–Trinajstić information content (AvgIpc) is 4.05. The molecule has 2 N–H and O–H groups in total. The van der Waals surface area contributed by atoms with Crippen LogP contribution >= 0.6 is 46.2 Å². The molecule has 0 unspecified atom stereocenters. The SMILES string of the molecule is CCCOc1ccc(/C=N/c2nnc(CSc3n[nH]c(-c4ccc(-c5nc(SCc6nnc(/N=C/c7ccc(OCCC)cc7)s6)n[nH]5)cc4)n3)s2)cc1. The predicted molar refractivity (Wildman–Crippen MR) is 215 cm³/mol. The molecule has 4 heterocycles. The van der Waals surface area contributed by atoms with Crippen LogP contribution in [0.1, 0.15) is 47.8 Å². The van der Waals surface area contributed by atoms with Gasteiger partial charge in [-0.1, -0.05) is 84.3 Å². The second kappa shape index (κ2) is 18.6. The van der Waals surface area contributed by atoms with Gasteiger partial charge in [0.1, 0.15) is 21.5 Å². The van der Waals surface area contributed by atoms with Crippen molar-refractivity contribution in [2.24, 2.45) is 9.98 Å². The van der Waals surface area contributed by atoms with Crippen LogP contribution in [0.25, 0.3) is 22.8 Å². The van der Waals surface area contributed by atoms with Crippen molar-refractivity contribution in [2.75, 3.05) is 13.2 Å². The second-order valence-electron chi connectivity index (χ2n) is 11.4. The lowest BCUT2D eigenvalue weighted by atomic mass is 10.1. The number of aromatic nitrogens is 10. The summed E-state index contributed by atoms with van der Waals surface area (Å²) < 4.78 is 11.3. The van der Waals surface area contributed by atoms with E-state index in [9.17, 15) is 0 Å². The number of hydrogen-bond donors (Lipinski definition) is 2. The van der Waals surface area contributed by atoms with Crippen molar-refractivity contribution < 1.29 is 9.47 Å². The molecule has 4 aromatic heterocycles. The fourth-order valence-corrected chi connectivity index (χ4v) is 7.57. The lowest BCUT2D eigenvalue weighted by molar-refractivity contribution is 0.317. The normalized spacial score (nSPS) is 11.6. The van der Waals surface area contributed by atoms with Gasteiger partial charge in [0.2, 0.25) is 20.6 Å². The maximum absolute atomic E-state index is 5.63. The third-order valence-electron chi connectivity index (χ3n) is 7.28. The summed E-state index contributed by atoms with van der Waals surface area (Å²) in [6.45, 7) is 5.57. The van der Waals surface area contributed by atoms with E-state index in [4.69, 9.17) is 9.47 Å². The molecule has 0 spiro atoms. The number of aliphatic imine (C=N–C) groups is 2. The Kier molecular flexibility index (Phi) is 12.8. The summed E-state index contributed by atoms with van der Waals surface area (Å²) in [7, 11) is 0. The predicted octanol–water partition coefficient (Wildman–Crippen LogP) is 8.62. The minimum Gasteiger partial charge on any atom is -0.494 e. The van der Waals surface area contributed by atoms with Crippen LogP contribution in [0.2, 0.25) is 0 Å². The number of nitrogens with one attached hydrogen (secondary N) is 2. The van der Waals surface area contributed by atoms with Crippen LogP contribution in [0.3, 0.4) is 0 Å². The van der Waals surface area contributed by atoms with Crippen molar-refractivity contribution >= 4 is 68.9 Å². The van der Waals surface area contributed by atoms with Crippen LogP contribution in [0.5, 0.6) is 11.5 Å². The number of aromatic amines is 2.